The minimum absolute atomic E-state index is 0.348. The molecule has 0 bridgehead atoms. The fourth-order valence-electron chi connectivity index (χ4n) is 2.10. The van der Waals surface area contributed by atoms with Crippen LogP contribution in [0, 0.1) is 0 Å². The van der Waals surface area contributed by atoms with Crippen LogP contribution in [0.4, 0.5) is 5.69 Å². The lowest BCUT2D eigenvalue weighted by atomic mass is 10.1. The van der Waals surface area contributed by atoms with Gasteiger partial charge >= 0.3 is 0 Å². The third-order valence-electron chi connectivity index (χ3n) is 3.22. The summed E-state index contributed by atoms with van der Waals surface area (Å²) in [6.45, 7) is 2.41. The smallest absolute Gasteiger partial charge is 0.213 e. The van der Waals surface area contributed by atoms with Crippen molar-refractivity contribution in [3.8, 4) is 11.6 Å². The van der Waals surface area contributed by atoms with Gasteiger partial charge in [-0.3, -0.25) is 0 Å². The maximum atomic E-state index is 5.86. The van der Waals surface area contributed by atoms with Crippen molar-refractivity contribution in [2.24, 2.45) is 5.84 Å². The summed E-state index contributed by atoms with van der Waals surface area (Å²) in [6, 6.07) is 11.5. The fraction of sp³-hybridized carbons (Fsp3) is 0.312. The average Bonchev–Trinajstić information content (AvgIpc) is 2.52. The Labute approximate surface area is 125 Å². The second-order valence-electron chi connectivity index (χ2n) is 4.68. The van der Waals surface area contributed by atoms with E-state index < -0.39 is 0 Å². The molecule has 1 aromatic heterocycles. The van der Waals surface area contributed by atoms with Crippen molar-refractivity contribution in [2.75, 3.05) is 19.2 Å². The van der Waals surface area contributed by atoms with E-state index in [4.69, 9.17) is 15.3 Å². The predicted octanol–water partition coefficient (Wildman–Crippen LogP) is 2.54. The standard InChI is InChI=1S/C16H21N3O2/c1-4-12-7-5-10-16(18-12)21-11-13-14(19(2)17)8-6-9-15(13)20-3/h5-10H,4,11,17H2,1-3H3. The second-order valence-corrected chi connectivity index (χ2v) is 4.68. The van der Waals surface area contributed by atoms with E-state index in [1.54, 1.807) is 19.2 Å². The van der Waals surface area contributed by atoms with Crippen LogP contribution in [-0.2, 0) is 13.0 Å². The number of methoxy groups -OCH3 is 1. The number of benzene rings is 1. The normalized spacial score (nSPS) is 10.3. The van der Waals surface area contributed by atoms with Crippen molar-refractivity contribution < 1.29 is 9.47 Å². The molecule has 5 nitrogen and oxygen atoms in total. The first-order valence-corrected chi connectivity index (χ1v) is 6.88. The Morgan fingerprint density at radius 3 is 2.62 bits per heavy atom. The highest BCUT2D eigenvalue weighted by molar-refractivity contribution is 5.58. The van der Waals surface area contributed by atoms with Gasteiger partial charge < -0.3 is 14.5 Å². The molecule has 21 heavy (non-hydrogen) atoms. The van der Waals surface area contributed by atoms with Gasteiger partial charge in [-0.05, 0) is 24.6 Å². The Bertz CT molecular complexity index is 600. The first-order valence-electron chi connectivity index (χ1n) is 6.88. The van der Waals surface area contributed by atoms with Crippen LogP contribution in [0.25, 0.3) is 0 Å². The van der Waals surface area contributed by atoms with Gasteiger partial charge in [0.25, 0.3) is 0 Å². The van der Waals surface area contributed by atoms with Crippen molar-refractivity contribution in [3.63, 3.8) is 0 Å². The number of hydrogen-bond donors (Lipinski definition) is 1. The van der Waals surface area contributed by atoms with Crippen LogP contribution in [0.15, 0.2) is 36.4 Å². The monoisotopic (exact) mass is 287 g/mol. The third kappa shape index (κ3) is 3.64. The van der Waals surface area contributed by atoms with Crippen LogP contribution >= 0.6 is 0 Å². The molecule has 0 aliphatic heterocycles. The van der Waals surface area contributed by atoms with Gasteiger partial charge in [-0.2, -0.15) is 0 Å². The zero-order valence-electron chi connectivity index (χ0n) is 12.7. The van der Waals surface area contributed by atoms with Crippen molar-refractivity contribution in [1.82, 2.24) is 4.98 Å². The maximum Gasteiger partial charge on any atom is 0.213 e. The van der Waals surface area contributed by atoms with Crippen LogP contribution in [0.3, 0.4) is 0 Å². The van der Waals surface area contributed by atoms with Gasteiger partial charge in [0.15, 0.2) is 0 Å². The van der Waals surface area contributed by atoms with Crippen LogP contribution < -0.4 is 20.3 Å². The van der Waals surface area contributed by atoms with Crippen molar-refractivity contribution in [1.29, 1.82) is 0 Å². The minimum atomic E-state index is 0.348. The minimum Gasteiger partial charge on any atom is -0.496 e. The average molecular weight is 287 g/mol. The van der Waals surface area contributed by atoms with E-state index in [0.29, 0.717) is 12.5 Å². The number of nitrogens with zero attached hydrogens (tertiary/aromatic N) is 2. The molecule has 1 heterocycles. The Morgan fingerprint density at radius 1 is 1.19 bits per heavy atom. The lowest BCUT2D eigenvalue weighted by molar-refractivity contribution is 0.285. The molecule has 0 saturated carbocycles. The number of aryl methyl sites for hydroxylation is 1. The van der Waals surface area contributed by atoms with Crippen LogP contribution in [0.1, 0.15) is 18.2 Å². The number of hydrogen-bond acceptors (Lipinski definition) is 5. The second kappa shape index (κ2) is 6.95. The van der Waals surface area contributed by atoms with Crippen LogP contribution in [0.2, 0.25) is 0 Å². The number of nitrogens with two attached hydrogens (primary N) is 1. The quantitative estimate of drug-likeness (QED) is 0.653. The van der Waals surface area contributed by atoms with E-state index in [9.17, 15) is 0 Å². The summed E-state index contributed by atoms with van der Waals surface area (Å²) in [4.78, 5) is 4.43. The molecule has 1 aromatic carbocycles. The zero-order valence-corrected chi connectivity index (χ0v) is 12.7. The number of rotatable bonds is 6. The highest BCUT2D eigenvalue weighted by atomic mass is 16.5. The molecule has 112 valence electrons. The molecular formula is C16H21N3O2. The number of hydrazine groups is 1. The first kappa shape index (κ1) is 15.1. The lowest BCUT2D eigenvalue weighted by Crippen LogP contribution is -2.26. The van der Waals surface area contributed by atoms with Gasteiger partial charge in [-0.15, -0.1) is 0 Å². The molecule has 0 fully saturated rings. The molecule has 0 aliphatic rings. The van der Waals surface area contributed by atoms with Crippen molar-refractivity contribution in [2.45, 2.75) is 20.0 Å². The molecular weight excluding hydrogens is 266 g/mol. The van der Waals surface area contributed by atoms with Gasteiger partial charge in [0.2, 0.25) is 5.88 Å². The Morgan fingerprint density at radius 2 is 1.95 bits per heavy atom. The molecule has 0 radical (unpaired) electrons. The van der Waals surface area contributed by atoms with Gasteiger partial charge in [0, 0.05) is 18.8 Å². The van der Waals surface area contributed by atoms with Gasteiger partial charge in [0.05, 0.1) is 18.4 Å². The number of anilines is 1. The van der Waals surface area contributed by atoms with E-state index >= 15 is 0 Å². The molecule has 2 aromatic rings. The van der Waals surface area contributed by atoms with Gasteiger partial charge in [-0.1, -0.05) is 19.1 Å². The SMILES string of the molecule is CCc1cccc(OCc2c(OC)cccc2N(C)N)n1. The summed E-state index contributed by atoms with van der Waals surface area (Å²) in [7, 11) is 3.42. The van der Waals surface area contributed by atoms with E-state index in [1.807, 2.05) is 36.4 Å². The summed E-state index contributed by atoms with van der Waals surface area (Å²) >= 11 is 0. The Kier molecular flexibility index (Phi) is 5.00. The van der Waals surface area contributed by atoms with Crippen molar-refractivity contribution >= 4 is 5.69 Å². The molecule has 0 atom stereocenters. The number of pyridine rings is 1. The molecule has 2 N–H and O–H groups in total. The van der Waals surface area contributed by atoms with Crippen LogP contribution in [-0.4, -0.2) is 19.1 Å². The van der Waals surface area contributed by atoms with Crippen LogP contribution in [0.5, 0.6) is 11.6 Å². The van der Waals surface area contributed by atoms with E-state index in [-0.39, 0.29) is 0 Å². The largest absolute Gasteiger partial charge is 0.496 e. The Hall–Kier alpha value is -2.27. The molecule has 0 amide bonds. The lowest BCUT2D eigenvalue weighted by Gasteiger charge is -2.19. The summed E-state index contributed by atoms with van der Waals surface area (Å²) < 4.78 is 11.2. The third-order valence-corrected chi connectivity index (χ3v) is 3.22. The zero-order chi connectivity index (χ0) is 15.2. The number of ether oxygens (including phenoxy) is 2. The highest BCUT2D eigenvalue weighted by Crippen LogP contribution is 2.28. The summed E-state index contributed by atoms with van der Waals surface area (Å²) in [5.41, 5.74) is 2.76. The summed E-state index contributed by atoms with van der Waals surface area (Å²) in [5, 5.41) is 1.55. The van der Waals surface area contributed by atoms with E-state index in [1.165, 1.54) is 0 Å². The predicted molar refractivity (Wildman–Crippen MR) is 83.5 cm³/mol. The summed E-state index contributed by atoms with van der Waals surface area (Å²) in [5.74, 6) is 7.21. The highest BCUT2D eigenvalue weighted by Gasteiger charge is 2.12. The molecule has 5 heteroatoms. The number of aromatic nitrogens is 1. The molecule has 2 rings (SSSR count). The van der Waals surface area contributed by atoms with Gasteiger partial charge in [-0.25, -0.2) is 10.8 Å². The summed E-state index contributed by atoms with van der Waals surface area (Å²) in [6.07, 6.45) is 0.878. The van der Waals surface area contributed by atoms with Gasteiger partial charge in [0.1, 0.15) is 12.4 Å². The molecule has 0 aliphatic carbocycles. The first-order chi connectivity index (χ1) is 10.2. The topological polar surface area (TPSA) is 60.6 Å². The fourth-order valence-corrected chi connectivity index (χ4v) is 2.10. The molecule has 0 unspecified atom stereocenters. The van der Waals surface area contributed by atoms with E-state index in [0.717, 1.165) is 29.1 Å². The molecule has 0 spiro atoms. The molecule has 0 saturated heterocycles. The maximum absolute atomic E-state index is 5.86. The van der Waals surface area contributed by atoms with E-state index in [2.05, 4.69) is 11.9 Å². The van der Waals surface area contributed by atoms with Crippen molar-refractivity contribution in [3.05, 3.63) is 47.7 Å². The Balaban J connectivity index is 2.22.